The van der Waals surface area contributed by atoms with Crippen LogP contribution in [0.3, 0.4) is 0 Å². The largest absolute Gasteiger partial charge is 0.494 e. The van der Waals surface area contributed by atoms with Gasteiger partial charge in [0.15, 0.2) is 0 Å². The van der Waals surface area contributed by atoms with Gasteiger partial charge >= 0.3 is 0 Å². The first-order valence-corrected chi connectivity index (χ1v) is 10.0. The molecule has 1 aromatic heterocycles. The third-order valence-corrected chi connectivity index (χ3v) is 4.88. The summed E-state index contributed by atoms with van der Waals surface area (Å²) in [7, 11) is 0. The van der Waals surface area contributed by atoms with Crippen molar-refractivity contribution in [1.29, 1.82) is 0 Å². The van der Waals surface area contributed by atoms with E-state index in [-0.39, 0.29) is 18.6 Å². The number of benzene rings is 2. The van der Waals surface area contributed by atoms with Crippen LogP contribution in [0.1, 0.15) is 32.2 Å². The molecular weight excluding hydrogens is 366 g/mol. The molecule has 6 nitrogen and oxygen atoms in total. The van der Waals surface area contributed by atoms with Crippen LogP contribution in [0.4, 0.5) is 0 Å². The monoisotopic (exact) mass is 395 g/mol. The number of hydrogen-bond donors (Lipinski definition) is 1. The van der Waals surface area contributed by atoms with E-state index >= 15 is 0 Å². The summed E-state index contributed by atoms with van der Waals surface area (Å²) in [6.45, 7) is 8.05. The summed E-state index contributed by atoms with van der Waals surface area (Å²) in [6.07, 6.45) is 0. The Balaban J connectivity index is 1.77. The van der Waals surface area contributed by atoms with Crippen LogP contribution in [0.2, 0.25) is 0 Å². The molecule has 6 heteroatoms. The van der Waals surface area contributed by atoms with E-state index in [0.717, 1.165) is 11.3 Å². The van der Waals surface area contributed by atoms with Crippen molar-refractivity contribution in [3.8, 4) is 17.1 Å². The van der Waals surface area contributed by atoms with Crippen molar-refractivity contribution in [3.63, 3.8) is 0 Å². The van der Waals surface area contributed by atoms with Gasteiger partial charge in [-0.25, -0.2) is 0 Å². The number of rotatable bonds is 10. The van der Waals surface area contributed by atoms with E-state index in [2.05, 4.69) is 41.0 Å². The molecule has 0 amide bonds. The highest BCUT2D eigenvalue weighted by Crippen LogP contribution is 2.22. The summed E-state index contributed by atoms with van der Waals surface area (Å²) in [5.41, 5.74) is 2.05. The number of aliphatic hydroxyl groups is 1. The topological polar surface area (TPSA) is 71.6 Å². The molecule has 1 atom stereocenters. The summed E-state index contributed by atoms with van der Waals surface area (Å²) in [4.78, 5) is 6.76. The molecule has 3 rings (SSSR count). The molecule has 3 aromatic rings. The molecule has 0 aliphatic carbocycles. The van der Waals surface area contributed by atoms with Crippen LogP contribution in [0.5, 0.6) is 5.75 Å². The summed E-state index contributed by atoms with van der Waals surface area (Å²) in [5, 5.41) is 14.1. The maximum atomic E-state index is 9.96. The van der Waals surface area contributed by atoms with Crippen molar-refractivity contribution in [2.24, 2.45) is 5.92 Å². The molecule has 0 radical (unpaired) electrons. The number of nitrogens with zero attached hydrogens (tertiary/aromatic N) is 3. The van der Waals surface area contributed by atoms with Gasteiger partial charge in [-0.2, -0.15) is 4.98 Å². The van der Waals surface area contributed by atoms with E-state index in [9.17, 15) is 5.11 Å². The zero-order valence-electron chi connectivity index (χ0n) is 17.3. The summed E-state index contributed by atoms with van der Waals surface area (Å²) >= 11 is 0. The Morgan fingerprint density at radius 1 is 1.03 bits per heavy atom. The summed E-state index contributed by atoms with van der Waals surface area (Å²) < 4.78 is 11.0. The molecule has 2 aromatic carbocycles. The van der Waals surface area contributed by atoms with Crippen molar-refractivity contribution in [1.82, 2.24) is 15.0 Å². The first-order chi connectivity index (χ1) is 14.1. The van der Waals surface area contributed by atoms with E-state index in [1.165, 1.54) is 5.56 Å². The maximum Gasteiger partial charge on any atom is 0.241 e. The smallest absolute Gasteiger partial charge is 0.241 e. The molecule has 0 fully saturated rings. The fraction of sp³-hybridized carbons (Fsp3) is 0.391. The van der Waals surface area contributed by atoms with Crippen LogP contribution in [-0.4, -0.2) is 39.4 Å². The molecule has 0 aliphatic heterocycles. The molecule has 0 bridgehead atoms. The molecule has 154 valence electrons. The first-order valence-electron chi connectivity index (χ1n) is 10.0. The van der Waals surface area contributed by atoms with Gasteiger partial charge < -0.3 is 14.4 Å². The Kier molecular flexibility index (Phi) is 7.38. The number of aromatic nitrogens is 2. The van der Waals surface area contributed by atoms with Crippen LogP contribution in [0.15, 0.2) is 59.1 Å². The minimum absolute atomic E-state index is 0.00367. The third-order valence-electron chi connectivity index (χ3n) is 4.88. The van der Waals surface area contributed by atoms with Gasteiger partial charge in [0.1, 0.15) is 5.75 Å². The van der Waals surface area contributed by atoms with E-state index < -0.39 is 0 Å². The Bertz CT molecular complexity index is 863. The van der Waals surface area contributed by atoms with Gasteiger partial charge in [-0.1, -0.05) is 49.3 Å². The quantitative estimate of drug-likeness (QED) is 0.556. The van der Waals surface area contributed by atoms with Gasteiger partial charge in [-0.05, 0) is 42.7 Å². The Labute approximate surface area is 172 Å². The second-order valence-corrected chi connectivity index (χ2v) is 7.35. The van der Waals surface area contributed by atoms with E-state index in [1.54, 1.807) is 0 Å². The molecule has 0 aliphatic rings. The molecule has 29 heavy (non-hydrogen) atoms. The summed E-state index contributed by atoms with van der Waals surface area (Å²) in [5.74, 6) is 2.19. The minimum Gasteiger partial charge on any atom is -0.494 e. The van der Waals surface area contributed by atoms with Gasteiger partial charge in [-0.3, -0.25) is 4.90 Å². The van der Waals surface area contributed by atoms with Gasteiger partial charge in [0.05, 0.1) is 19.8 Å². The standard InChI is InChI=1S/C23H29N3O3/c1-4-28-20-12-10-19(11-13-20)23-24-22(29-25-23)15-26(21(16-27)17(2)3)14-18-8-6-5-7-9-18/h5-13,17,21,27H,4,14-16H2,1-3H3. The second-order valence-electron chi connectivity index (χ2n) is 7.35. The highest BCUT2D eigenvalue weighted by molar-refractivity contribution is 5.55. The lowest BCUT2D eigenvalue weighted by molar-refractivity contribution is 0.0695. The Morgan fingerprint density at radius 2 is 1.76 bits per heavy atom. The molecule has 0 saturated carbocycles. The van der Waals surface area contributed by atoms with Crippen molar-refractivity contribution in [2.75, 3.05) is 13.2 Å². The van der Waals surface area contributed by atoms with E-state index in [1.807, 2.05) is 49.4 Å². The molecule has 1 unspecified atom stereocenters. The lowest BCUT2D eigenvalue weighted by Gasteiger charge is -2.32. The molecule has 1 N–H and O–H groups in total. The van der Waals surface area contributed by atoms with Crippen molar-refractivity contribution in [3.05, 3.63) is 66.1 Å². The van der Waals surface area contributed by atoms with Gasteiger partial charge in [0.25, 0.3) is 0 Å². The van der Waals surface area contributed by atoms with E-state index in [0.29, 0.717) is 31.4 Å². The maximum absolute atomic E-state index is 9.96. The zero-order chi connectivity index (χ0) is 20.6. The molecule has 1 heterocycles. The highest BCUT2D eigenvalue weighted by atomic mass is 16.5. The SMILES string of the molecule is CCOc1ccc(-c2noc(CN(Cc3ccccc3)C(CO)C(C)C)n2)cc1. The predicted molar refractivity (Wildman–Crippen MR) is 112 cm³/mol. The second kappa shape index (κ2) is 10.2. The van der Waals surface area contributed by atoms with Gasteiger partial charge in [0.2, 0.25) is 11.7 Å². The lowest BCUT2D eigenvalue weighted by atomic mass is 10.0. The molecule has 0 spiro atoms. The van der Waals surface area contributed by atoms with E-state index in [4.69, 9.17) is 9.26 Å². The zero-order valence-corrected chi connectivity index (χ0v) is 17.3. The lowest BCUT2D eigenvalue weighted by Crippen LogP contribution is -2.40. The molecular formula is C23H29N3O3. The molecule has 0 saturated heterocycles. The number of aliphatic hydroxyl groups excluding tert-OH is 1. The Hall–Kier alpha value is -2.70. The predicted octanol–water partition coefficient (Wildman–Crippen LogP) is 4.15. The summed E-state index contributed by atoms with van der Waals surface area (Å²) in [6, 6.07) is 17.9. The first kappa shape index (κ1) is 21.0. The van der Waals surface area contributed by atoms with Crippen molar-refractivity contribution in [2.45, 2.75) is 39.9 Å². The third kappa shape index (κ3) is 5.65. The average Bonchev–Trinajstić information content (AvgIpc) is 3.18. The highest BCUT2D eigenvalue weighted by Gasteiger charge is 2.24. The van der Waals surface area contributed by atoms with Crippen LogP contribution in [0.25, 0.3) is 11.4 Å². The minimum atomic E-state index is -0.00367. The number of hydrogen-bond acceptors (Lipinski definition) is 6. The van der Waals surface area contributed by atoms with Crippen LogP contribution in [0, 0.1) is 5.92 Å². The Morgan fingerprint density at radius 3 is 2.38 bits per heavy atom. The van der Waals surface area contributed by atoms with Gasteiger partial charge in [0, 0.05) is 18.2 Å². The van der Waals surface area contributed by atoms with Crippen LogP contribution < -0.4 is 4.74 Å². The van der Waals surface area contributed by atoms with Crippen molar-refractivity contribution < 1.29 is 14.4 Å². The number of ether oxygens (including phenoxy) is 1. The van der Waals surface area contributed by atoms with Crippen LogP contribution in [-0.2, 0) is 13.1 Å². The van der Waals surface area contributed by atoms with Gasteiger partial charge in [-0.15, -0.1) is 0 Å². The van der Waals surface area contributed by atoms with Crippen LogP contribution >= 0.6 is 0 Å². The van der Waals surface area contributed by atoms with Crippen molar-refractivity contribution >= 4 is 0 Å². The average molecular weight is 396 g/mol. The fourth-order valence-corrected chi connectivity index (χ4v) is 3.33. The normalized spacial score (nSPS) is 12.5. The fourth-order valence-electron chi connectivity index (χ4n) is 3.33.